The van der Waals surface area contributed by atoms with Gasteiger partial charge in [0.2, 0.25) is 0 Å². The van der Waals surface area contributed by atoms with Crippen LogP contribution in [0.2, 0.25) is 0 Å². The third-order valence-electron chi connectivity index (χ3n) is 3.87. The first-order valence-corrected chi connectivity index (χ1v) is 9.22. The summed E-state index contributed by atoms with van der Waals surface area (Å²) >= 11 is 0. The van der Waals surface area contributed by atoms with Gasteiger partial charge in [-0.15, -0.1) is 0 Å². The Labute approximate surface area is 125 Å². The summed E-state index contributed by atoms with van der Waals surface area (Å²) in [6, 6.07) is 5.20. The van der Waals surface area contributed by atoms with Crippen molar-refractivity contribution in [3.05, 3.63) is 24.0 Å². The molecule has 0 aliphatic carbocycles. The maximum Gasteiger partial charge on any atom is 0.177 e. The Morgan fingerprint density at radius 2 is 2.10 bits per heavy atom. The molecule has 2 aromatic rings. The van der Waals surface area contributed by atoms with E-state index in [9.17, 15) is 8.42 Å². The molecule has 0 saturated carbocycles. The molecule has 1 aromatic carbocycles. The molecule has 0 radical (unpaired) electrons. The smallest absolute Gasteiger partial charge is 0.177 e. The van der Waals surface area contributed by atoms with E-state index < -0.39 is 9.84 Å². The minimum Gasteiger partial charge on any atom is -0.342 e. The number of hydrogen-bond acceptors (Lipinski definition) is 4. The molecular weight excluding hydrogens is 286 g/mol. The molecule has 0 bridgehead atoms. The van der Waals surface area contributed by atoms with Gasteiger partial charge in [0.25, 0.3) is 0 Å². The maximum absolute atomic E-state index is 11.8. The van der Waals surface area contributed by atoms with Crippen molar-refractivity contribution >= 4 is 20.9 Å². The summed E-state index contributed by atoms with van der Waals surface area (Å²) in [5, 5.41) is 0. The van der Waals surface area contributed by atoms with E-state index in [4.69, 9.17) is 5.73 Å². The van der Waals surface area contributed by atoms with Crippen molar-refractivity contribution in [2.45, 2.75) is 37.5 Å². The van der Waals surface area contributed by atoms with Crippen LogP contribution in [-0.2, 0) is 16.3 Å². The van der Waals surface area contributed by atoms with Gasteiger partial charge in [-0.3, -0.25) is 0 Å². The zero-order chi connectivity index (χ0) is 15.5. The van der Waals surface area contributed by atoms with Gasteiger partial charge >= 0.3 is 0 Å². The van der Waals surface area contributed by atoms with Crippen LogP contribution in [-0.4, -0.2) is 31.2 Å². The van der Waals surface area contributed by atoms with Crippen LogP contribution in [0.25, 0.3) is 11.0 Å². The highest BCUT2D eigenvalue weighted by Crippen LogP contribution is 2.22. The highest BCUT2D eigenvalue weighted by Gasteiger charge is 2.15. The van der Waals surface area contributed by atoms with E-state index in [1.165, 1.54) is 6.26 Å². The van der Waals surface area contributed by atoms with Crippen LogP contribution >= 0.6 is 0 Å². The van der Waals surface area contributed by atoms with E-state index >= 15 is 0 Å². The number of imidazole rings is 1. The summed E-state index contributed by atoms with van der Waals surface area (Å²) in [7, 11) is -3.26. The molecule has 2 rings (SSSR count). The topological polar surface area (TPSA) is 88.8 Å². The van der Waals surface area contributed by atoms with Crippen LogP contribution in [0.1, 0.15) is 32.0 Å². The number of benzene rings is 1. The number of nitrogens with one attached hydrogen (secondary N) is 1. The minimum absolute atomic E-state index is 0.288. The number of nitrogens with two attached hydrogens (primary N) is 1. The summed E-state index contributed by atoms with van der Waals surface area (Å²) < 4.78 is 23.6. The van der Waals surface area contributed by atoms with Crippen LogP contribution in [0.5, 0.6) is 0 Å². The minimum atomic E-state index is -3.26. The fraction of sp³-hybridized carbons (Fsp3) is 0.533. The molecule has 0 aliphatic rings. The van der Waals surface area contributed by atoms with Crippen molar-refractivity contribution in [3.8, 4) is 0 Å². The fourth-order valence-corrected chi connectivity index (χ4v) is 3.44. The number of aromatic nitrogens is 2. The average molecular weight is 309 g/mol. The summed E-state index contributed by atoms with van der Waals surface area (Å²) in [6.45, 7) is 2.87. The predicted molar refractivity (Wildman–Crippen MR) is 85.0 cm³/mol. The van der Waals surface area contributed by atoms with Crippen LogP contribution in [0.4, 0.5) is 0 Å². The maximum atomic E-state index is 11.8. The quantitative estimate of drug-likeness (QED) is 0.821. The third-order valence-corrected chi connectivity index (χ3v) is 4.99. The first-order valence-electron chi connectivity index (χ1n) is 7.33. The van der Waals surface area contributed by atoms with Gasteiger partial charge in [0.05, 0.1) is 10.4 Å². The SMILES string of the molecule is CCC(CCN)CCc1nc2c(S(C)(=O)=O)cccc2[nH]1. The van der Waals surface area contributed by atoms with Crippen molar-refractivity contribution in [3.63, 3.8) is 0 Å². The number of sulfone groups is 1. The Balaban J connectivity index is 2.23. The lowest BCUT2D eigenvalue weighted by Crippen LogP contribution is -2.09. The molecule has 5 nitrogen and oxygen atoms in total. The van der Waals surface area contributed by atoms with E-state index in [1.807, 2.05) is 6.07 Å². The second kappa shape index (κ2) is 6.58. The number of para-hydroxylation sites is 1. The standard InChI is InChI=1S/C15H23N3O2S/c1-3-11(9-10-16)7-8-14-17-12-5-4-6-13(15(12)18-14)21(2,19)20/h4-6,11H,3,7-10,16H2,1-2H3,(H,17,18). The number of hydrogen-bond donors (Lipinski definition) is 2. The second-order valence-electron chi connectivity index (χ2n) is 5.50. The molecule has 0 spiro atoms. The normalized spacial score (nSPS) is 13.7. The van der Waals surface area contributed by atoms with Crippen molar-refractivity contribution < 1.29 is 8.42 Å². The first kappa shape index (κ1) is 16.0. The highest BCUT2D eigenvalue weighted by molar-refractivity contribution is 7.91. The Kier molecular flexibility index (Phi) is 5.00. The fourth-order valence-electron chi connectivity index (χ4n) is 2.60. The number of H-pyrrole nitrogens is 1. The van der Waals surface area contributed by atoms with Gasteiger partial charge in [-0.05, 0) is 37.4 Å². The van der Waals surface area contributed by atoms with E-state index in [1.54, 1.807) is 12.1 Å². The largest absolute Gasteiger partial charge is 0.342 e. The number of aryl methyl sites for hydroxylation is 1. The molecule has 1 aromatic heterocycles. The monoisotopic (exact) mass is 309 g/mol. The summed E-state index contributed by atoms with van der Waals surface area (Å²) in [4.78, 5) is 7.99. The molecule has 1 unspecified atom stereocenters. The first-order chi connectivity index (χ1) is 9.95. The Morgan fingerprint density at radius 3 is 2.71 bits per heavy atom. The van der Waals surface area contributed by atoms with E-state index in [0.29, 0.717) is 18.0 Å². The molecule has 116 valence electrons. The molecular formula is C15H23N3O2S. The van der Waals surface area contributed by atoms with Crippen LogP contribution in [0.3, 0.4) is 0 Å². The van der Waals surface area contributed by atoms with Gasteiger partial charge in [0.15, 0.2) is 9.84 Å². The van der Waals surface area contributed by atoms with E-state index in [2.05, 4.69) is 16.9 Å². The zero-order valence-electron chi connectivity index (χ0n) is 12.6. The number of nitrogens with zero attached hydrogens (tertiary/aromatic N) is 1. The number of rotatable bonds is 7. The van der Waals surface area contributed by atoms with Crippen molar-refractivity contribution in [2.24, 2.45) is 11.7 Å². The average Bonchev–Trinajstić information content (AvgIpc) is 2.84. The van der Waals surface area contributed by atoms with E-state index in [0.717, 1.165) is 37.0 Å². The molecule has 1 heterocycles. The Morgan fingerprint density at radius 1 is 1.33 bits per heavy atom. The number of aromatic amines is 1. The van der Waals surface area contributed by atoms with Crippen molar-refractivity contribution in [1.82, 2.24) is 9.97 Å². The molecule has 0 saturated heterocycles. The van der Waals surface area contributed by atoms with Gasteiger partial charge in [0, 0.05) is 12.7 Å². The van der Waals surface area contributed by atoms with Crippen LogP contribution < -0.4 is 5.73 Å². The van der Waals surface area contributed by atoms with Gasteiger partial charge in [0.1, 0.15) is 11.3 Å². The highest BCUT2D eigenvalue weighted by atomic mass is 32.2. The van der Waals surface area contributed by atoms with Gasteiger partial charge < -0.3 is 10.7 Å². The molecule has 6 heteroatoms. The van der Waals surface area contributed by atoms with Crippen LogP contribution in [0, 0.1) is 5.92 Å². The predicted octanol–water partition coefficient (Wildman–Crippen LogP) is 2.27. The zero-order valence-corrected chi connectivity index (χ0v) is 13.4. The lowest BCUT2D eigenvalue weighted by molar-refractivity contribution is 0.440. The van der Waals surface area contributed by atoms with Crippen molar-refractivity contribution in [1.29, 1.82) is 0 Å². The molecule has 21 heavy (non-hydrogen) atoms. The van der Waals surface area contributed by atoms with Crippen molar-refractivity contribution in [2.75, 3.05) is 12.8 Å². The molecule has 0 fully saturated rings. The van der Waals surface area contributed by atoms with Gasteiger partial charge in [-0.2, -0.15) is 0 Å². The Bertz CT molecular complexity index is 707. The molecule has 1 atom stereocenters. The third kappa shape index (κ3) is 3.83. The van der Waals surface area contributed by atoms with Gasteiger partial charge in [-0.1, -0.05) is 19.4 Å². The molecule has 0 aliphatic heterocycles. The molecule has 0 amide bonds. The second-order valence-corrected chi connectivity index (χ2v) is 7.48. The van der Waals surface area contributed by atoms with Gasteiger partial charge in [-0.25, -0.2) is 13.4 Å². The lowest BCUT2D eigenvalue weighted by atomic mass is 9.96. The van der Waals surface area contributed by atoms with E-state index in [-0.39, 0.29) is 4.90 Å². The summed E-state index contributed by atoms with van der Waals surface area (Å²) in [6.07, 6.45) is 5.17. The summed E-state index contributed by atoms with van der Waals surface area (Å²) in [5.41, 5.74) is 6.93. The molecule has 3 N–H and O–H groups in total. The Hall–Kier alpha value is -1.40. The summed E-state index contributed by atoms with van der Waals surface area (Å²) in [5.74, 6) is 1.44. The lowest BCUT2D eigenvalue weighted by Gasteiger charge is -2.11. The van der Waals surface area contributed by atoms with Crippen LogP contribution in [0.15, 0.2) is 23.1 Å². The number of fused-ring (bicyclic) bond motifs is 1.